The zero-order valence-corrected chi connectivity index (χ0v) is 11.7. The number of aliphatic hydroxyl groups excluding tert-OH is 1. The second-order valence-corrected chi connectivity index (χ2v) is 5.75. The van der Waals surface area contributed by atoms with Gasteiger partial charge >= 0.3 is 0 Å². The molecule has 0 heterocycles. The zero-order chi connectivity index (χ0) is 13.7. The molecule has 2 rings (SSSR count). The highest BCUT2D eigenvalue weighted by Gasteiger charge is 2.22. The van der Waals surface area contributed by atoms with Crippen LogP contribution in [0.3, 0.4) is 0 Å². The molecule has 1 saturated carbocycles. The molecule has 1 aromatic rings. The Morgan fingerprint density at radius 1 is 1.26 bits per heavy atom. The Morgan fingerprint density at radius 3 is 2.63 bits per heavy atom. The Morgan fingerprint density at radius 2 is 1.95 bits per heavy atom. The van der Waals surface area contributed by atoms with Crippen molar-refractivity contribution < 1.29 is 9.50 Å². The minimum atomic E-state index is -0.280. The number of aliphatic hydroxyl groups is 1. The number of benzene rings is 1. The molecule has 0 aromatic heterocycles. The van der Waals surface area contributed by atoms with Gasteiger partial charge in [0, 0.05) is 18.7 Å². The van der Waals surface area contributed by atoms with Crippen molar-refractivity contribution in [3.8, 4) is 0 Å². The average molecular weight is 265 g/mol. The lowest BCUT2D eigenvalue weighted by molar-refractivity contribution is 0.0529. The van der Waals surface area contributed by atoms with Crippen molar-refractivity contribution in [3.05, 3.63) is 35.6 Å². The molecule has 0 bridgehead atoms. The van der Waals surface area contributed by atoms with Crippen molar-refractivity contribution >= 4 is 0 Å². The average Bonchev–Trinajstić information content (AvgIpc) is 2.42. The van der Waals surface area contributed by atoms with E-state index in [0.29, 0.717) is 24.6 Å². The first-order valence-corrected chi connectivity index (χ1v) is 7.27. The second-order valence-electron chi connectivity index (χ2n) is 5.75. The van der Waals surface area contributed by atoms with Crippen molar-refractivity contribution in [2.45, 2.75) is 44.8 Å². The molecule has 1 fully saturated rings. The quantitative estimate of drug-likeness (QED) is 0.883. The molecule has 106 valence electrons. The highest BCUT2D eigenvalue weighted by atomic mass is 19.1. The van der Waals surface area contributed by atoms with E-state index in [-0.39, 0.29) is 11.9 Å². The topological polar surface area (TPSA) is 23.5 Å². The van der Waals surface area contributed by atoms with E-state index in [0.717, 1.165) is 12.8 Å². The van der Waals surface area contributed by atoms with Gasteiger partial charge in [0.15, 0.2) is 0 Å². The first-order chi connectivity index (χ1) is 9.16. The van der Waals surface area contributed by atoms with Crippen LogP contribution in [-0.2, 0) is 6.54 Å². The molecule has 1 N–H and O–H groups in total. The van der Waals surface area contributed by atoms with Crippen LogP contribution < -0.4 is 0 Å². The summed E-state index contributed by atoms with van der Waals surface area (Å²) in [5.74, 6) is 0.262. The minimum Gasteiger partial charge on any atom is -0.392 e. The Hall–Kier alpha value is -0.930. The van der Waals surface area contributed by atoms with Crippen LogP contribution in [0.2, 0.25) is 0 Å². The summed E-state index contributed by atoms with van der Waals surface area (Å²) in [6, 6.07) is 6.85. The maximum Gasteiger partial charge on any atom is 0.127 e. The van der Waals surface area contributed by atoms with Crippen LogP contribution in [-0.4, -0.2) is 29.7 Å². The van der Waals surface area contributed by atoms with Gasteiger partial charge in [-0.15, -0.1) is 0 Å². The normalized spacial score (nSPS) is 18.7. The van der Waals surface area contributed by atoms with Gasteiger partial charge in [-0.2, -0.15) is 0 Å². The van der Waals surface area contributed by atoms with Crippen LogP contribution in [0.5, 0.6) is 0 Å². The van der Waals surface area contributed by atoms with E-state index < -0.39 is 0 Å². The smallest absolute Gasteiger partial charge is 0.127 e. The van der Waals surface area contributed by atoms with Crippen molar-refractivity contribution in [3.63, 3.8) is 0 Å². The number of rotatable bonds is 5. The Labute approximate surface area is 115 Å². The van der Waals surface area contributed by atoms with E-state index in [9.17, 15) is 9.50 Å². The third-order valence-corrected chi connectivity index (χ3v) is 4.09. The third kappa shape index (κ3) is 4.29. The summed E-state index contributed by atoms with van der Waals surface area (Å²) < 4.78 is 13.6. The molecule has 3 heteroatoms. The van der Waals surface area contributed by atoms with Gasteiger partial charge in [-0.3, -0.25) is 4.90 Å². The minimum absolute atomic E-state index is 0.165. The lowest BCUT2D eigenvalue weighted by Gasteiger charge is -2.29. The molecular formula is C16H24FNO. The van der Waals surface area contributed by atoms with Gasteiger partial charge in [0.1, 0.15) is 5.82 Å². The molecule has 1 atom stereocenters. The SMILES string of the molecule is CN(Cc1ccccc1F)CC(O)C1CCCCC1. The van der Waals surface area contributed by atoms with Gasteiger partial charge in [0.05, 0.1) is 6.10 Å². The van der Waals surface area contributed by atoms with E-state index in [1.54, 1.807) is 12.1 Å². The third-order valence-electron chi connectivity index (χ3n) is 4.09. The standard InChI is InChI=1S/C16H24FNO/c1-18(11-14-9-5-6-10-15(14)17)12-16(19)13-7-3-2-4-8-13/h5-6,9-10,13,16,19H,2-4,7-8,11-12H2,1H3. The monoisotopic (exact) mass is 265 g/mol. The Kier molecular flexibility index (Phi) is 5.34. The van der Waals surface area contributed by atoms with E-state index in [2.05, 4.69) is 0 Å². The first kappa shape index (κ1) is 14.5. The predicted octanol–water partition coefficient (Wildman–Crippen LogP) is 3.20. The maximum atomic E-state index is 13.6. The number of halogens is 1. The van der Waals surface area contributed by atoms with Gasteiger partial charge in [0.2, 0.25) is 0 Å². The number of hydrogen-bond donors (Lipinski definition) is 1. The van der Waals surface area contributed by atoms with E-state index >= 15 is 0 Å². The molecule has 0 spiro atoms. The van der Waals surface area contributed by atoms with E-state index in [1.807, 2.05) is 18.0 Å². The summed E-state index contributed by atoms with van der Waals surface area (Å²) in [7, 11) is 1.94. The number of likely N-dealkylation sites (N-methyl/N-ethyl adjacent to an activating group) is 1. The number of hydrogen-bond acceptors (Lipinski definition) is 2. The molecule has 0 radical (unpaired) electrons. The van der Waals surface area contributed by atoms with Gasteiger partial charge < -0.3 is 5.11 Å². The van der Waals surface area contributed by atoms with Gasteiger partial charge in [-0.05, 0) is 31.9 Å². The lowest BCUT2D eigenvalue weighted by Crippen LogP contribution is -2.35. The van der Waals surface area contributed by atoms with E-state index in [4.69, 9.17) is 0 Å². The van der Waals surface area contributed by atoms with Crippen LogP contribution >= 0.6 is 0 Å². The summed E-state index contributed by atoms with van der Waals surface area (Å²) >= 11 is 0. The molecule has 1 aliphatic rings. The van der Waals surface area contributed by atoms with Crippen molar-refractivity contribution in [1.29, 1.82) is 0 Å². The fourth-order valence-corrected chi connectivity index (χ4v) is 2.97. The van der Waals surface area contributed by atoms with Crippen LogP contribution in [0, 0.1) is 11.7 Å². The van der Waals surface area contributed by atoms with Crippen LogP contribution in [0.1, 0.15) is 37.7 Å². The summed E-state index contributed by atoms with van der Waals surface area (Å²) in [6.45, 7) is 1.18. The Balaban J connectivity index is 1.83. The molecule has 0 saturated heterocycles. The molecule has 1 aliphatic carbocycles. The van der Waals surface area contributed by atoms with Gasteiger partial charge in [-0.1, -0.05) is 37.5 Å². The van der Waals surface area contributed by atoms with Crippen molar-refractivity contribution in [2.24, 2.45) is 5.92 Å². The second kappa shape index (κ2) is 7.01. The summed E-state index contributed by atoms with van der Waals surface area (Å²) in [5, 5.41) is 10.3. The zero-order valence-electron chi connectivity index (χ0n) is 11.7. The fraction of sp³-hybridized carbons (Fsp3) is 0.625. The molecular weight excluding hydrogens is 241 g/mol. The van der Waals surface area contributed by atoms with Crippen LogP contribution in [0.4, 0.5) is 4.39 Å². The lowest BCUT2D eigenvalue weighted by atomic mass is 9.85. The largest absolute Gasteiger partial charge is 0.392 e. The van der Waals surface area contributed by atoms with E-state index in [1.165, 1.54) is 25.3 Å². The van der Waals surface area contributed by atoms with Crippen molar-refractivity contribution in [2.75, 3.05) is 13.6 Å². The number of nitrogens with zero attached hydrogens (tertiary/aromatic N) is 1. The summed E-state index contributed by atoms with van der Waals surface area (Å²) in [4.78, 5) is 2.01. The Bertz CT molecular complexity index is 390. The first-order valence-electron chi connectivity index (χ1n) is 7.27. The van der Waals surface area contributed by atoms with Crippen LogP contribution in [0.15, 0.2) is 24.3 Å². The molecule has 1 unspecified atom stereocenters. The molecule has 0 amide bonds. The molecule has 1 aromatic carbocycles. The maximum absolute atomic E-state index is 13.6. The van der Waals surface area contributed by atoms with Crippen LogP contribution in [0.25, 0.3) is 0 Å². The van der Waals surface area contributed by atoms with Gasteiger partial charge in [-0.25, -0.2) is 4.39 Å². The predicted molar refractivity (Wildman–Crippen MR) is 75.3 cm³/mol. The summed E-state index contributed by atoms with van der Waals surface area (Å²) in [6.07, 6.45) is 5.76. The molecule has 0 aliphatic heterocycles. The van der Waals surface area contributed by atoms with Gasteiger partial charge in [0.25, 0.3) is 0 Å². The highest BCUT2D eigenvalue weighted by Crippen LogP contribution is 2.26. The fourth-order valence-electron chi connectivity index (χ4n) is 2.97. The summed E-state index contributed by atoms with van der Waals surface area (Å²) in [5.41, 5.74) is 0.695. The molecule has 19 heavy (non-hydrogen) atoms. The van der Waals surface area contributed by atoms with Crippen molar-refractivity contribution in [1.82, 2.24) is 4.90 Å². The molecule has 2 nitrogen and oxygen atoms in total. The highest BCUT2D eigenvalue weighted by molar-refractivity contribution is 5.16.